The number of carbonyl (C=O) groups excluding carboxylic acids is 1. The molecular weight excluding hydrogens is 388 g/mol. The van der Waals surface area contributed by atoms with E-state index in [1.807, 2.05) is 0 Å². The van der Waals surface area contributed by atoms with Gasteiger partial charge in [-0.05, 0) is 80.0 Å². The summed E-state index contributed by atoms with van der Waals surface area (Å²) in [5.74, 6) is 3.45. The quantitative estimate of drug-likeness (QED) is 0.589. The number of ether oxygens (including phenoxy) is 2. The zero-order chi connectivity index (χ0) is 21.8. The van der Waals surface area contributed by atoms with Crippen LogP contribution in [0, 0.1) is 52.3 Å². The molecule has 0 amide bonds. The van der Waals surface area contributed by atoms with Gasteiger partial charge in [-0.2, -0.15) is 0 Å². The van der Waals surface area contributed by atoms with E-state index in [9.17, 15) is 9.90 Å². The molecule has 0 radical (unpaired) electrons. The first kappa shape index (κ1) is 21.1. The molecule has 6 aliphatic rings. The standard InChI is InChI=1S/C27H42O4/c1-15-7-10-27(30-14-15)16(2)24-22(31-27)12-21-19-6-5-17-11-18(28)8-9-25(17,3)20(19)13-23(29)26(21,24)4/h15-22,24,28H,5-14H2,1-4H3/t15-,16-,17-,18-,19+,20-,21-,22-,24-,25-,26+,27+/m0/s1. The van der Waals surface area contributed by atoms with Crippen LogP contribution < -0.4 is 0 Å². The van der Waals surface area contributed by atoms with Crippen LogP contribution in [0.15, 0.2) is 0 Å². The van der Waals surface area contributed by atoms with Gasteiger partial charge in [0, 0.05) is 30.1 Å². The second-order valence-corrected chi connectivity index (χ2v) is 13.0. The van der Waals surface area contributed by atoms with Gasteiger partial charge in [0.25, 0.3) is 0 Å². The van der Waals surface area contributed by atoms with Gasteiger partial charge in [-0.25, -0.2) is 0 Å². The van der Waals surface area contributed by atoms with Crippen molar-refractivity contribution in [2.24, 2.45) is 52.3 Å². The van der Waals surface area contributed by atoms with Crippen LogP contribution >= 0.6 is 0 Å². The second kappa shape index (κ2) is 6.79. The van der Waals surface area contributed by atoms with Gasteiger partial charge >= 0.3 is 0 Å². The van der Waals surface area contributed by atoms with Gasteiger partial charge in [0.2, 0.25) is 0 Å². The number of hydrogen-bond acceptors (Lipinski definition) is 4. The Hall–Kier alpha value is -0.450. The summed E-state index contributed by atoms with van der Waals surface area (Å²) in [4.78, 5) is 14.0. The van der Waals surface area contributed by atoms with Crippen molar-refractivity contribution in [1.29, 1.82) is 0 Å². The molecule has 1 N–H and O–H groups in total. The summed E-state index contributed by atoms with van der Waals surface area (Å²) >= 11 is 0. The fourth-order valence-electron chi connectivity index (χ4n) is 9.93. The van der Waals surface area contributed by atoms with Crippen LogP contribution in [-0.2, 0) is 14.3 Å². The lowest BCUT2D eigenvalue weighted by Gasteiger charge is -2.60. The highest BCUT2D eigenvalue weighted by molar-refractivity contribution is 5.87. The second-order valence-electron chi connectivity index (χ2n) is 13.0. The molecule has 0 aromatic rings. The molecule has 1 spiro atoms. The topological polar surface area (TPSA) is 55.8 Å². The lowest BCUT2D eigenvalue weighted by Crippen LogP contribution is -2.58. The van der Waals surface area contributed by atoms with Crippen LogP contribution in [0.5, 0.6) is 0 Å². The molecule has 6 rings (SSSR count). The zero-order valence-corrected chi connectivity index (χ0v) is 19.9. The van der Waals surface area contributed by atoms with Crippen LogP contribution in [0.4, 0.5) is 0 Å². The minimum atomic E-state index is -0.448. The van der Waals surface area contributed by atoms with Crippen molar-refractivity contribution < 1.29 is 19.4 Å². The Balaban J connectivity index is 1.30. The van der Waals surface area contributed by atoms with Crippen LogP contribution in [0.3, 0.4) is 0 Å². The van der Waals surface area contributed by atoms with Gasteiger partial charge in [0.05, 0.1) is 18.8 Å². The molecule has 4 saturated carbocycles. The molecule has 6 fully saturated rings. The summed E-state index contributed by atoms with van der Waals surface area (Å²) in [5.41, 5.74) is -0.0221. The molecule has 4 heteroatoms. The van der Waals surface area contributed by atoms with E-state index in [0.717, 1.165) is 51.6 Å². The Morgan fingerprint density at radius 2 is 1.81 bits per heavy atom. The van der Waals surface area contributed by atoms with Crippen molar-refractivity contribution in [1.82, 2.24) is 0 Å². The number of aliphatic hydroxyl groups is 1. The number of ketones is 1. The van der Waals surface area contributed by atoms with Gasteiger partial charge in [0.1, 0.15) is 5.78 Å². The minimum absolute atomic E-state index is 0.131. The SMILES string of the molecule is C[C@H]1CC[C@@]2(OC1)O[C@H]1C[C@H]3[C@@H]4CC[C@H]5C[C@@H](O)CC[C@]5(C)[C@H]4CC(=O)[C@]3(C)[C@H]1[C@@H]2C. The lowest BCUT2D eigenvalue weighted by atomic mass is 9.44. The van der Waals surface area contributed by atoms with E-state index in [2.05, 4.69) is 27.7 Å². The number of hydrogen-bond donors (Lipinski definition) is 1. The van der Waals surface area contributed by atoms with E-state index in [1.165, 1.54) is 12.8 Å². The van der Waals surface area contributed by atoms with Crippen LogP contribution in [0.2, 0.25) is 0 Å². The lowest BCUT2D eigenvalue weighted by molar-refractivity contribution is -0.272. The average molecular weight is 431 g/mol. The van der Waals surface area contributed by atoms with Gasteiger partial charge in [-0.1, -0.05) is 27.7 Å². The Morgan fingerprint density at radius 3 is 2.55 bits per heavy atom. The van der Waals surface area contributed by atoms with Gasteiger partial charge in [-0.15, -0.1) is 0 Å². The Bertz CT molecular complexity index is 756. The van der Waals surface area contributed by atoms with E-state index in [4.69, 9.17) is 9.47 Å². The van der Waals surface area contributed by atoms with Crippen molar-refractivity contribution in [2.45, 2.75) is 103 Å². The third-order valence-electron chi connectivity index (χ3n) is 11.8. The van der Waals surface area contributed by atoms with E-state index in [1.54, 1.807) is 0 Å². The van der Waals surface area contributed by atoms with E-state index in [0.29, 0.717) is 41.3 Å². The van der Waals surface area contributed by atoms with Gasteiger partial charge < -0.3 is 14.6 Å². The fraction of sp³-hybridized carbons (Fsp3) is 0.963. The predicted molar refractivity (Wildman–Crippen MR) is 118 cm³/mol. The number of rotatable bonds is 0. The van der Waals surface area contributed by atoms with Crippen molar-refractivity contribution in [3.8, 4) is 0 Å². The molecule has 2 heterocycles. The summed E-state index contributed by atoms with van der Waals surface area (Å²) in [5, 5.41) is 10.3. The third kappa shape index (κ3) is 2.68. The van der Waals surface area contributed by atoms with Crippen LogP contribution in [0.1, 0.15) is 85.5 Å². The maximum absolute atomic E-state index is 14.0. The largest absolute Gasteiger partial charge is 0.393 e. The molecule has 0 bridgehead atoms. The third-order valence-corrected chi connectivity index (χ3v) is 11.8. The molecule has 0 aromatic carbocycles. The minimum Gasteiger partial charge on any atom is -0.393 e. The molecule has 2 aliphatic heterocycles. The van der Waals surface area contributed by atoms with E-state index < -0.39 is 5.79 Å². The maximum atomic E-state index is 14.0. The average Bonchev–Trinajstić information content (AvgIpc) is 3.18. The predicted octanol–water partition coefficient (Wildman–Crippen LogP) is 4.97. The van der Waals surface area contributed by atoms with E-state index in [-0.39, 0.29) is 29.0 Å². The maximum Gasteiger partial charge on any atom is 0.171 e. The Kier molecular flexibility index (Phi) is 4.62. The first-order valence-corrected chi connectivity index (χ1v) is 13.2. The van der Waals surface area contributed by atoms with Gasteiger partial charge in [-0.3, -0.25) is 4.79 Å². The van der Waals surface area contributed by atoms with Gasteiger partial charge in [0.15, 0.2) is 5.79 Å². The number of Topliss-reactive ketones (excluding diaryl/α,β-unsaturated/α-hetero) is 1. The monoisotopic (exact) mass is 430 g/mol. The summed E-state index contributed by atoms with van der Waals surface area (Å²) in [6.45, 7) is 10.1. The Labute approximate surface area is 187 Å². The highest BCUT2D eigenvalue weighted by Crippen LogP contribution is 2.70. The molecule has 4 nitrogen and oxygen atoms in total. The summed E-state index contributed by atoms with van der Waals surface area (Å²) < 4.78 is 13.2. The first-order valence-electron chi connectivity index (χ1n) is 13.2. The molecule has 0 unspecified atom stereocenters. The number of aliphatic hydroxyl groups excluding tert-OH is 1. The highest BCUT2D eigenvalue weighted by atomic mass is 16.7. The molecule has 4 aliphatic carbocycles. The summed E-state index contributed by atoms with van der Waals surface area (Å²) in [6.07, 6.45) is 9.39. The van der Waals surface area contributed by atoms with E-state index >= 15 is 0 Å². The normalized spacial score (nSPS) is 60.9. The van der Waals surface area contributed by atoms with Crippen molar-refractivity contribution in [3.63, 3.8) is 0 Å². The molecule has 2 saturated heterocycles. The fourth-order valence-corrected chi connectivity index (χ4v) is 9.93. The molecule has 174 valence electrons. The Morgan fingerprint density at radius 1 is 1.00 bits per heavy atom. The summed E-state index contributed by atoms with van der Waals surface area (Å²) in [6, 6.07) is 0. The molecule has 0 aromatic heterocycles. The zero-order valence-electron chi connectivity index (χ0n) is 19.9. The van der Waals surface area contributed by atoms with Crippen molar-refractivity contribution in [3.05, 3.63) is 0 Å². The van der Waals surface area contributed by atoms with Crippen molar-refractivity contribution >= 4 is 5.78 Å². The first-order chi connectivity index (χ1) is 14.7. The number of carbonyl (C=O) groups is 1. The highest BCUT2D eigenvalue weighted by Gasteiger charge is 2.71. The van der Waals surface area contributed by atoms with Crippen LogP contribution in [-0.4, -0.2) is 35.5 Å². The summed E-state index contributed by atoms with van der Waals surface area (Å²) in [7, 11) is 0. The smallest absolute Gasteiger partial charge is 0.171 e. The van der Waals surface area contributed by atoms with Crippen molar-refractivity contribution in [2.75, 3.05) is 6.61 Å². The molecule has 31 heavy (non-hydrogen) atoms. The molecule has 12 atom stereocenters. The number of fused-ring (bicyclic) bond motifs is 7. The molecular formula is C27H42O4. The van der Waals surface area contributed by atoms with Crippen LogP contribution in [0.25, 0.3) is 0 Å².